The molecule has 2 amide bonds. The van der Waals surface area contributed by atoms with E-state index in [1.165, 1.54) is 31.7 Å². The van der Waals surface area contributed by atoms with Crippen molar-refractivity contribution in [3.63, 3.8) is 0 Å². The summed E-state index contributed by atoms with van der Waals surface area (Å²) in [4.78, 5) is 28.5. The molecule has 0 aromatic heterocycles. The van der Waals surface area contributed by atoms with Crippen LogP contribution >= 0.6 is 0 Å². The molecule has 0 unspecified atom stereocenters. The summed E-state index contributed by atoms with van der Waals surface area (Å²) in [6.07, 6.45) is 6.28. The second kappa shape index (κ2) is 9.96. The van der Waals surface area contributed by atoms with Crippen LogP contribution in [0.15, 0.2) is 18.2 Å². The molecule has 1 saturated carbocycles. The first-order chi connectivity index (χ1) is 15.0. The molecule has 4 rings (SSSR count). The van der Waals surface area contributed by atoms with Gasteiger partial charge in [0, 0.05) is 51.6 Å². The van der Waals surface area contributed by atoms with E-state index in [2.05, 4.69) is 15.2 Å². The van der Waals surface area contributed by atoms with Gasteiger partial charge in [-0.15, -0.1) is 0 Å². The molecule has 3 aliphatic rings. The van der Waals surface area contributed by atoms with Crippen molar-refractivity contribution in [3.05, 3.63) is 24.0 Å². The monoisotopic (exact) mass is 431 g/mol. The van der Waals surface area contributed by atoms with Gasteiger partial charge in [-0.2, -0.15) is 5.01 Å². The lowest BCUT2D eigenvalue weighted by Gasteiger charge is -2.39. The number of carbonyl (C=O) groups excluding carboxylic acids is 2. The van der Waals surface area contributed by atoms with E-state index in [1.54, 1.807) is 12.1 Å². The van der Waals surface area contributed by atoms with Crippen LogP contribution in [0, 0.1) is 17.7 Å². The number of amides is 2. The first-order valence-corrected chi connectivity index (χ1v) is 11.6. The van der Waals surface area contributed by atoms with Crippen LogP contribution in [0.2, 0.25) is 0 Å². The Bertz CT molecular complexity index is 772. The third-order valence-electron chi connectivity index (χ3n) is 7.00. The summed E-state index contributed by atoms with van der Waals surface area (Å²) in [5, 5.41) is 1.01. The standard InChI is InChI=1S/C23H34FN5O2/c24-20-14-19(26-29-22(30)2-1-3-23(29)31)8-9-21(20)28-12-10-27(11-13-28)16-18-6-4-17(15-25)5-7-18/h8-9,14,17-18,26H,1-7,10-13,15-16,25H2. The summed E-state index contributed by atoms with van der Waals surface area (Å²) in [6.45, 7) is 5.42. The smallest absolute Gasteiger partial charge is 0.248 e. The minimum absolute atomic E-state index is 0.270. The number of hydrazine groups is 1. The van der Waals surface area contributed by atoms with Crippen LogP contribution in [0.4, 0.5) is 15.8 Å². The molecule has 1 aliphatic carbocycles. The molecule has 31 heavy (non-hydrogen) atoms. The summed E-state index contributed by atoms with van der Waals surface area (Å²) in [6, 6.07) is 4.84. The lowest BCUT2D eigenvalue weighted by molar-refractivity contribution is -0.146. The Morgan fingerprint density at radius 2 is 1.61 bits per heavy atom. The van der Waals surface area contributed by atoms with Gasteiger partial charge in [0.2, 0.25) is 11.8 Å². The molecule has 2 aliphatic heterocycles. The molecule has 2 saturated heterocycles. The van der Waals surface area contributed by atoms with Gasteiger partial charge < -0.3 is 10.6 Å². The molecule has 0 atom stereocenters. The van der Waals surface area contributed by atoms with Gasteiger partial charge in [-0.25, -0.2) is 4.39 Å². The fourth-order valence-electron chi connectivity index (χ4n) is 5.03. The van der Waals surface area contributed by atoms with Gasteiger partial charge in [0.25, 0.3) is 0 Å². The number of halogens is 1. The second-order valence-electron chi connectivity index (χ2n) is 9.16. The molecule has 3 N–H and O–H groups in total. The summed E-state index contributed by atoms with van der Waals surface area (Å²) >= 11 is 0. The number of nitrogens with two attached hydrogens (primary N) is 1. The number of nitrogens with one attached hydrogen (secondary N) is 1. The summed E-state index contributed by atoms with van der Waals surface area (Å²) < 4.78 is 14.8. The van der Waals surface area contributed by atoms with Gasteiger partial charge >= 0.3 is 0 Å². The van der Waals surface area contributed by atoms with E-state index in [-0.39, 0.29) is 17.6 Å². The molecular weight excluding hydrogens is 397 g/mol. The van der Waals surface area contributed by atoms with Crippen LogP contribution < -0.4 is 16.1 Å². The maximum Gasteiger partial charge on any atom is 0.248 e. The Kier molecular flexibility index (Phi) is 7.07. The lowest BCUT2D eigenvalue weighted by Crippen LogP contribution is -2.48. The van der Waals surface area contributed by atoms with Gasteiger partial charge in [0.05, 0.1) is 11.4 Å². The fraction of sp³-hybridized carbons (Fsp3) is 0.652. The number of piperidine rings is 1. The normalized spacial score (nSPS) is 25.7. The molecule has 2 heterocycles. The first-order valence-electron chi connectivity index (χ1n) is 11.6. The van der Waals surface area contributed by atoms with Crippen molar-refractivity contribution in [2.45, 2.75) is 44.9 Å². The predicted molar refractivity (Wildman–Crippen MR) is 119 cm³/mol. The highest BCUT2D eigenvalue weighted by atomic mass is 19.1. The third kappa shape index (κ3) is 5.36. The van der Waals surface area contributed by atoms with E-state index in [1.807, 2.05) is 0 Å². The molecule has 3 fully saturated rings. The van der Waals surface area contributed by atoms with Crippen molar-refractivity contribution >= 4 is 23.2 Å². The van der Waals surface area contributed by atoms with Gasteiger partial charge in [0.1, 0.15) is 5.82 Å². The van der Waals surface area contributed by atoms with Crippen molar-refractivity contribution in [2.24, 2.45) is 17.6 Å². The Morgan fingerprint density at radius 3 is 2.23 bits per heavy atom. The van der Waals surface area contributed by atoms with Crippen molar-refractivity contribution in [1.82, 2.24) is 9.91 Å². The molecule has 170 valence electrons. The van der Waals surface area contributed by atoms with Crippen molar-refractivity contribution in [2.75, 3.05) is 49.6 Å². The zero-order valence-electron chi connectivity index (χ0n) is 18.2. The van der Waals surface area contributed by atoms with Crippen LogP contribution in [0.25, 0.3) is 0 Å². The molecule has 7 nitrogen and oxygen atoms in total. The van der Waals surface area contributed by atoms with Gasteiger partial charge in [-0.05, 0) is 62.6 Å². The number of hydrogen-bond donors (Lipinski definition) is 2. The number of rotatable bonds is 6. The fourth-order valence-corrected chi connectivity index (χ4v) is 5.03. The number of anilines is 2. The maximum atomic E-state index is 14.8. The minimum Gasteiger partial charge on any atom is -0.367 e. The van der Waals surface area contributed by atoms with E-state index in [9.17, 15) is 14.0 Å². The van der Waals surface area contributed by atoms with Crippen LogP contribution in [0.1, 0.15) is 44.9 Å². The Labute approximate surface area is 183 Å². The highest BCUT2D eigenvalue weighted by molar-refractivity contribution is 5.98. The van der Waals surface area contributed by atoms with Crippen LogP contribution in [-0.2, 0) is 9.59 Å². The van der Waals surface area contributed by atoms with Crippen molar-refractivity contribution in [1.29, 1.82) is 0 Å². The molecule has 0 bridgehead atoms. The molecule has 8 heteroatoms. The number of imide groups is 1. The SMILES string of the molecule is NCC1CCC(CN2CCN(c3ccc(NN4C(=O)CCCC4=O)cc3F)CC2)CC1. The van der Waals surface area contributed by atoms with Crippen LogP contribution in [0.3, 0.4) is 0 Å². The number of carbonyl (C=O) groups is 2. The minimum atomic E-state index is -0.338. The summed E-state index contributed by atoms with van der Waals surface area (Å²) in [5.41, 5.74) is 9.56. The third-order valence-corrected chi connectivity index (χ3v) is 7.00. The number of benzene rings is 1. The average molecular weight is 432 g/mol. The lowest BCUT2D eigenvalue weighted by atomic mass is 9.82. The highest BCUT2D eigenvalue weighted by Gasteiger charge is 2.27. The highest BCUT2D eigenvalue weighted by Crippen LogP contribution is 2.30. The predicted octanol–water partition coefficient (Wildman–Crippen LogP) is 2.58. The van der Waals surface area contributed by atoms with E-state index < -0.39 is 0 Å². The summed E-state index contributed by atoms with van der Waals surface area (Å²) in [7, 11) is 0. The molecular formula is C23H34FN5O2. The van der Waals surface area contributed by atoms with E-state index in [4.69, 9.17) is 5.73 Å². The molecule has 1 aromatic carbocycles. The Balaban J connectivity index is 1.28. The second-order valence-corrected chi connectivity index (χ2v) is 9.16. The maximum absolute atomic E-state index is 14.8. The molecule has 1 aromatic rings. The van der Waals surface area contributed by atoms with Gasteiger partial charge in [-0.1, -0.05) is 0 Å². The zero-order chi connectivity index (χ0) is 21.8. The topological polar surface area (TPSA) is 81.9 Å². The van der Waals surface area contributed by atoms with E-state index >= 15 is 0 Å². The molecule has 0 radical (unpaired) electrons. The van der Waals surface area contributed by atoms with Gasteiger partial charge in [0.15, 0.2) is 0 Å². The van der Waals surface area contributed by atoms with Crippen molar-refractivity contribution < 1.29 is 14.0 Å². The Hall–Kier alpha value is -2.19. The van der Waals surface area contributed by atoms with Crippen LogP contribution in [-0.4, -0.2) is 61.0 Å². The first kappa shape index (κ1) is 22.0. The number of hydrogen-bond acceptors (Lipinski definition) is 6. The average Bonchev–Trinajstić information content (AvgIpc) is 2.78. The zero-order valence-corrected chi connectivity index (χ0v) is 18.2. The van der Waals surface area contributed by atoms with Crippen LogP contribution in [0.5, 0.6) is 0 Å². The number of nitrogens with zero attached hydrogens (tertiary/aromatic N) is 3. The van der Waals surface area contributed by atoms with E-state index in [0.29, 0.717) is 36.6 Å². The molecule has 0 spiro atoms. The van der Waals surface area contributed by atoms with Gasteiger partial charge in [-0.3, -0.25) is 19.9 Å². The van der Waals surface area contributed by atoms with E-state index in [0.717, 1.165) is 50.2 Å². The Morgan fingerprint density at radius 1 is 0.968 bits per heavy atom. The van der Waals surface area contributed by atoms with Crippen molar-refractivity contribution in [3.8, 4) is 0 Å². The largest absolute Gasteiger partial charge is 0.367 e. The number of piperazine rings is 1. The summed E-state index contributed by atoms with van der Waals surface area (Å²) in [5.74, 6) is 0.591. The quantitative estimate of drug-likeness (QED) is 0.674.